The monoisotopic (exact) mass is 239 g/mol. The van der Waals surface area contributed by atoms with Crippen LogP contribution in [-0.4, -0.2) is 30.3 Å². The first-order valence-electron chi connectivity index (χ1n) is 5.14. The Labute approximate surface area is 92.3 Å². The summed E-state index contributed by atoms with van der Waals surface area (Å²) in [5, 5.41) is 2.29. The minimum atomic E-state index is -4.40. The molecule has 2 unspecified atom stereocenters. The molecule has 1 aliphatic rings. The minimum Gasteiger partial charge on any atom is -0.460 e. The molecule has 0 aromatic rings. The molecule has 1 heterocycles. The Balaban J connectivity index is 2.69. The lowest BCUT2D eigenvalue weighted by molar-refractivity contribution is -0.182. The van der Waals surface area contributed by atoms with Gasteiger partial charge in [0.1, 0.15) is 11.6 Å². The highest BCUT2D eigenvalue weighted by molar-refractivity contribution is 5.74. The summed E-state index contributed by atoms with van der Waals surface area (Å²) in [5.41, 5.74) is -0.754. The van der Waals surface area contributed by atoms with Crippen LogP contribution in [0.1, 0.15) is 27.2 Å². The Bertz CT molecular complexity index is 270. The van der Waals surface area contributed by atoms with E-state index < -0.39 is 29.7 Å². The Morgan fingerprint density at radius 2 is 1.88 bits per heavy atom. The molecule has 1 N–H and O–H groups in total. The molecule has 3 nitrogen and oxygen atoms in total. The molecule has 0 saturated carbocycles. The maximum Gasteiger partial charge on any atom is 0.404 e. The van der Waals surface area contributed by atoms with E-state index in [2.05, 4.69) is 5.32 Å². The third kappa shape index (κ3) is 3.37. The minimum absolute atomic E-state index is 0.166. The third-order valence-corrected chi connectivity index (χ3v) is 2.28. The van der Waals surface area contributed by atoms with E-state index in [0.717, 1.165) is 0 Å². The van der Waals surface area contributed by atoms with E-state index in [9.17, 15) is 18.0 Å². The van der Waals surface area contributed by atoms with Crippen LogP contribution in [0.3, 0.4) is 0 Å². The number of rotatable bonds is 1. The highest BCUT2D eigenvalue weighted by Gasteiger charge is 2.50. The van der Waals surface area contributed by atoms with E-state index in [1.165, 1.54) is 0 Å². The number of halogens is 3. The molecule has 0 aromatic heterocycles. The zero-order valence-electron chi connectivity index (χ0n) is 9.52. The number of carbonyl (C=O) groups is 1. The fourth-order valence-electron chi connectivity index (χ4n) is 1.68. The van der Waals surface area contributed by atoms with Gasteiger partial charge in [-0.1, -0.05) is 0 Å². The Morgan fingerprint density at radius 1 is 1.31 bits per heavy atom. The van der Waals surface area contributed by atoms with Gasteiger partial charge in [0, 0.05) is 0 Å². The van der Waals surface area contributed by atoms with Crippen molar-refractivity contribution in [1.82, 2.24) is 5.32 Å². The summed E-state index contributed by atoms with van der Waals surface area (Å²) in [5.74, 6) is -1.90. The number of hydrogen-bond acceptors (Lipinski definition) is 3. The van der Waals surface area contributed by atoms with Crippen molar-refractivity contribution >= 4 is 5.97 Å². The van der Waals surface area contributed by atoms with Gasteiger partial charge in [-0.3, -0.25) is 4.79 Å². The van der Waals surface area contributed by atoms with Gasteiger partial charge in [0.25, 0.3) is 0 Å². The standard InChI is InChI=1S/C10H16F3NO2/c1-9(2,3)16-8(15)6-4-5-14-7(6)10(11,12)13/h6-7,14H,4-5H2,1-3H3. The average molecular weight is 239 g/mol. The molecule has 1 aliphatic heterocycles. The van der Waals surface area contributed by atoms with Gasteiger partial charge in [0.15, 0.2) is 0 Å². The van der Waals surface area contributed by atoms with Crippen LogP contribution in [-0.2, 0) is 9.53 Å². The molecule has 6 heteroatoms. The van der Waals surface area contributed by atoms with Gasteiger partial charge >= 0.3 is 12.1 Å². The van der Waals surface area contributed by atoms with Crippen molar-refractivity contribution in [2.75, 3.05) is 6.54 Å². The maximum absolute atomic E-state index is 12.5. The van der Waals surface area contributed by atoms with Gasteiger partial charge in [-0.25, -0.2) is 0 Å². The number of ether oxygens (including phenoxy) is 1. The number of alkyl halides is 3. The summed E-state index contributed by atoms with van der Waals surface area (Å²) in [6.45, 7) is 5.09. The molecule has 0 aliphatic carbocycles. The molecule has 0 spiro atoms. The van der Waals surface area contributed by atoms with Gasteiger partial charge in [0.2, 0.25) is 0 Å². The van der Waals surface area contributed by atoms with Gasteiger partial charge in [-0.2, -0.15) is 13.2 Å². The summed E-state index contributed by atoms with van der Waals surface area (Å²) in [6, 6.07) is -1.78. The number of esters is 1. The second-order valence-electron chi connectivity index (χ2n) is 4.90. The molecule has 2 atom stereocenters. The lowest BCUT2D eigenvalue weighted by Gasteiger charge is -2.25. The smallest absolute Gasteiger partial charge is 0.404 e. The van der Waals surface area contributed by atoms with Crippen LogP contribution >= 0.6 is 0 Å². The molecule has 0 aromatic carbocycles. The first-order valence-corrected chi connectivity index (χ1v) is 5.14. The molecule has 1 saturated heterocycles. The fourth-order valence-corrected chi connectivity index (χ4v) is 1.68. The molecular weight excluding hydrogens is 223 g/mol. The van der Waals surface area contributed by atoms with Crippen LogP contribution in [0.15, 0.2) is 0 Å². The lowest BCUT2D eigenvalue weighted by atomic mass is 10.00. The maximum atomic E-state index is 12.5. The summed E-state index contributed by atoms with van der Waals surface area (Å²) >= 11 is 0. The summed E-state index contributed by atoms with van der Waals surface area (Å²) in [4.78, 5) is 11.6. The molecule has 0 bridgehead atoms. The number of carbonyl (C=O) groups excluding carboxylic acids is 1. The molecule has 1 fully saturated rings. The van der Waals surface area contributed by atoms with Crippen molar-refractivity contribution in [1.29, 1.82) is 0 Å². The summed E-state index contributed by atoms with van der Waals surface area (Å²) < 4.78 is 42.6. The highest BCUT2D eigenvalue weighted by Crippen LogP contribution is 2.32. The predicted octanol–water partition coefficient (Wildman–Crippen LogP) is 1.87. The Hall–Kier alpha value is -0.780. The molecule has 0 amide bonds. The quantitative estimate of drug-likeness (QED) is 0.710. The van der Waals surface area contributed by atoms with Crippen LogP contribution in [0, 0.1) is 5.92 Å². The fraction of sp³-hybridized carbons (Fsp3) is 0.900. The van der Waals surface area contributed by atoms with E-state index in [1.807, 2.05) is 0 Å². The summed E-state index contributed by atoms with van der Waals surface area (Å²) in [6.07, 6.45) is -4.24. The zero-order chi connectivity index (χ0) is 12.6. The van der Waals surface area contributed by atoms with Crippen molar-refractivity contribution in [3.05, 3.63) is 0 Å². The van der Waals surface area contributed by atoms with Gasteiger partial charge < -0.3 is 10.1 Å². The number of nitrogens with one attached hydrogen (secondary N) is 1. The van der Waals surface area contributed by atoms with Crippen molar-refractivity contribution < 1.29 is 22.7 Å². The van der Waals surface area contributed by atoms with E-state index in [0.29, 0.717) is 0 Å². The average Bonchev–Trinajstić information content (AvgIpc) is 2.45. The highest BCUT2D eigenvalue weighted by atomic mass is 19.4. The molecule has 1 rings (SSSR count). The first-order chi connectivity index (χ1) is 7.11. The Kier molecular flexibility index (Phi) is 3.52. The van der Waals surface area contributed by atoms with E-state index in [-0.39, 0.29) is 13.0 Å². The SMILES string of the molecule is CC(C)(C)OC(=O)C1CCNC1C(F)(F)F. The zero-order valence-corrected chi connectivity index (χ0v) is 9.52. The van der Waals surface area contributed by atoms with Crippen molar-refractivity contribution in [3.63, 3.8) is 0 Å². The molecule has 94 valence electrons. The van der Waals surface area contributed by atoms with Gasteiger partial charge in [-0.15, -0.1) is 0 Å². The van der Waals surface area contributed by atoms with Crippen LogP contribution in [0.5, 0.6) is 0 Å². The molecule has 16 heavy (non-hydrogen) atoms. The topological polar surface area (TPSA) is 38.3 Å². The van der Waals surface area contributed by atoms with Crippen LogP contribution in [0.25, 0.3) is 0 Å². The lowest BCUT2D eigenvalue weighted by Crippen LogP contribution is -2.45. The first kappa shape index (κ1) is 13.3. The van der Waals surface area contributed by atoms with Crippen LogP contribution in [0.2, 0.25) is 0 Å². The summed E-state index contributed by atoms with van der Waals surface area (Å²) in [7, 11) is 0. The second-order valence-corrected chi connectivity index (χ2v) is 4.90. The largest absolute Gasteiger partial charge is 0.460 e. The van der Waals surface area contributed by atoms with Crippen molar-refractivity contribution in [2.45, 2.75) is 45.0 Å². The van der Waals surface area contributed by atoms with Crippen LogP contribution < -0.4 is 5.32 Å². The molecular formula is C10H16F3NO2. The van der Waals surface area contributed by atoms with Gasteiger partial charge in [-0.05, 0) is 33.7 Å². The Morgan fingerprint density at radius 3 is 2.31 bits per heavy atom. The van der Waals surface area contributed by atoms with Crippen LogP contribution in [0.4, 0.5) is 13.2 Å². The van der Waals surface area contributed by atoms with Crippen molar-refractivity contribution in [3.8, 4) is 0 Å². The predicted molar refractivity (Wildman–Crippen MR) is 51.8 cm³/mol. The third-order valence-electron chi connectivity index (χ3n) is 2.28. The number of hydrogen-bond donors (Lipinski definition) is 1. The second kappa shape index (κ2) is 4.24. The molecule has 0 radical (unpaired) electrons. The van der Waals surface area contributed by atoms with Crippen molar-refractivity contribution in [2.24, 2.45) is 5.92 Å². The van der Waals surface area contributed by atoms with E-state index in [4.69, 9.17) is 4.74 Å². The van der Waals surface area contributed by atoms with E-state index in [1.54, 1.807) is 20.8 Å². The van der Waals surface area contributed by atoms with E-state index >= 15 is 0 Å². The normalized spacial score (nSPS) is 26.9. The van der Waals surface area contributed by atoms with Gasteiger partial charge in [0.05, 0.1) is 5.92 Å².